The minimum absolute atomic E-state index is 0.115. The van der Waals surface area contributed by atoms with E-state index in [2.05, 4.69) is 12.2 Å². The van der Waals surface area contributed by atoms with Crippen molar-refractivity contribution >= 4 is 11.6 Å². The largest absolute Gasteiger partial charge is 0.374 e. The third-order valence-electron chi connectivity index (χ3n) is 3.67. The smallest absolute Gasteiger partial charge is 0.127 e. The molecule has 0 radical (unpaired) electrons. The van der Waals surface area contributed by atoms with Gasteiger partial charge >= 0.3 is 0 Å². The number of hydrogen-bond donors (Lipinski definition) is 1. The van der Waals surface area contributed by atoms with Crippen molar-refractivity contribution in [3.8, 4) is 0 Å². The first-order valence-electron chi connectivity index (χ1n) is 6.93. The van der Waals surface area contributed by atoms with Crippen LogP contribution in [0.2, 0.25) is 5.02 Å². The Bertz CT molecular complexity index is 406. The zero-order chi connectivity index (χ0) is 13.8. The van der Waals surface area contributed by atoms with Gasteiger partial charge in [0.15, 0.2) is 0 Å². The first kappa shape index (κ1) is 14.8. The highest BCUT2D eigenvalue weighted by molar-refractivity contribution is 6.31. The van der Waals surface area contributed by atoms with E-state index in [1.807, 2.05) is 6.92 Å². The monoisotopic (exact) mass is 285 g/mol. The van der Waals surface area contributed by atoms with E-state index in [-0.39, 0.29) is 18.0 Å². The molecule has 2 nitrogen and oxygen atoms in total. The zero-order valence-electron chi connectivity index (χ0n) is 11.5. The lowest BCUT2D eigenvalue weighted by Gasteiger charge is -2.25. The first-order valence-corrected chi connectivity index (χ1v) is 7.31. The molecule has 3 atom stereocenters. The SMILES string of the molecule is CCNC(Cc1c(F)cccc1Cl)C1CCC(C)O1. The number of halogens is 2. The molecule has 0 bridgehead atoms. The summed E-state index contributed by atoms with van der Waals surface area (Å²) in [5, 5.41) is 3.89. The van der Waals surface area contributed by atoms with E-state index in [1.54, 1.807) is 12.1 Å². The Balaban J connectivity index is 2.12. The maximum absolute atomic E-state index is 13.9. The number of hydrogen-bond acceptors (Lipinski definition) is 2. The summed E-state index contributed by atoms with van der Waals surface area (Å²) in [5.74, 6) is -0.235. The Morgan fingerprint density at radius 2 is 2.26 bits per heavy atom. The molecule has 1 saturated heterocycles. The molecular weight excluding hydrogens is 265 g/mol. The van der Waals surface area contributed by atoms with Gasteiger partial charge in [0.25, 0.3) is 0 Å². The molecule has 1 aromatic carbocycles. The third-order valence-corrected chi connectivity index (χ3v) is 4.02. The van der Waals surface area contributed by atoms with Gasteiger partial charge in [-0.05, 0) is 44.9 Å². The van der Waals surface area contributed by atoms with Crippen LogP contribution >= 0.6 is 11.6 Å². The Hall–Kier alpha value is -0.640. The van der Waals surface area contributed by atoms with Crippen LogP contribution in [-0.4, -0.2) is 24.8 Å². The summed E-state index contributed by atoms with van der Waals surface area (Å²) in [6.07, 6.45) is 3.09. The van der Waals surface area contributed by atoms with Crippen LogP contribution in [0.4, 0.5) is 4.39 Å². The highest BCUT2D eigenvalue weighted by Crippen LogP contribution is 2.26. The second-order valence-electron chi connectivity index (χ2n) is 5.13. The van der Waals surface area contributed by atoms with Crippen molar-refractivity contribution in [2.75, 3.05) is 6.54 Å². The molecule has 1 aliphatic heterocycles. The lowest BCUT2D eigenvalue weighted by atomic mass is 9.98. The van der Waals surface area contributed by atoms with Crippen molar-refractivity contribution in [2.45, 2.75) is 51.4 Å². The van der Waals surface area contributed by atoms with Gasteiger partial charge < -0.3 is 10.1 Å². The van der Waals surface area contributed by atoms with E-state index >= 15 is 0 Å². The first-order chi connectivity index (χ1) is 9.11. The molecule has 0 saturated carbocycles. The Kier molecular flexibility index (Phi) is 5.20. The van der Waals surface area contributed by atoms with Crippen molar-refractivity contribution in [3.05, 3.63) is 34.6 Å². The number of rotatable bonds is 5. The summed E-state index contributed by atoms with van der Waals surface area (Å²) in [6, 6.07) is 4.95. The highest BCUT2D eigenvalue weighted by Gasteiger charge is 2.30. The molecule has 0 aromatic heterocycles. The molecule has 1 heterocycles. The fourth-order valence-corrected chi connectivity index (χ4v) is 2.91. The molecule has 1 aromatic rings. The van der Waals surface area contributed by atoms with E-state index in [9.17, 15) is 4.39 Å². The molecule has 4 heteroatoms. The van der Waals surface area contributed by atoms with E-state index in [4.69, 9.17) is 16.3 Å². The molecule has 3 unspecified atom stereocenters. The van der Waals surface area contributed by atoms with Crippen molar-refractivity contribution in [1.82, 2.24) is 5.32 Å². The molecule has 19 heavy (non-hydrogen) atoms. The summed E-state index contributed by atoms with van der Waals surface area (Å²) in [6.45, 7) is 4.97. The van der Waals surface area contributed by atoms with Crippen LogP contribution in [0.3, 0.4) is 0 Å². The van der Waals surface area contributed by atoms with Gasteiger partial charge in [-0.3, -0.25) is 0 Å². The third kappa shape index (κ3) is 3.68. The molecule has 1 fully saturated rings. The summed E-state index contributed by atoms with van der Waals surface area (Å²) in [5.41, 5.74) is 0.582. The van der Waals surface area contributed by atoms with Crippen molar-refractivity contribution in [3.63, 3.8) is 0 Å². The van der Waals surface area contributed by atoms with Crippen molar-refractivity contribution in [2.24, 2.45) is 0 Å². The molecule has 0 amide bonds. The molecule has 1 aliphatic rings. The predicted molar refractivity (Wildman–Crippen MR) is 76.1 cm³/mol. The number of likely N-dealkylation sites (N-methyl/N-ethyl adjacent to an activating group) is 1. The molecular formula is C15H21ClFNO. The number of ether oxygens (including phenoxy) is 1. The van der Waals surface area contributed by atoms with E-state index in [0.29, 0.717) is 23.1 Å². The Morgan fingerprint density at radius 3 is 2.84 bits per heavy atom. The lowest BCUT2D eigenvalue weighted by Crippen LogP contribution is -2.41. The lowest BCUT2D eigenvalue weighted by molar-refractivity contribution is 0.0322. The van der Waals surface area contributed by atoms with Crippen molar-refractivity contribution < 1.29 is 9.13 Å². The van der Waals surface area contributed by atoms with Crippen LogP contribution in [0.5, 0.6) is 0 Å². The normalized spacial score (nSPS) is 24.6. The molecule has 0 aliphatic carbocycles. The molecule has 0 spiro atoms. The fourth-order valence-electron chi connectivity index (χ4n) is 2.67. The molecule has 1 N–H and O–H groups in total. The number of nitrogens with one attached hydrogen (secondary N) is 1. The molecule has 2 rings (SSSR count). The standard InChI is InChI=1S/C15H21ClFNO/c1-3-18-14(15-8-7-10(2)19-15)9-11-12(16)5-4-6-13(11)17/h4-6,10,14-15,18H,3,7-9H2,1-2H3. The second kappa shape index (κ2) is 6.69. The average Bonchev–Trinajstić information content (AvgIpc) is 2.79. The van der Waals surface area contributed by atoms with Crippen LogP contribution in [-0.2, 0) is 11.2 Å². The van der Waals surface area contributed by atoms with Gasteiger partial charge in [0.05, 0.1) is 12.2 Å². The Labute approximate surface area is 119 Å². The maximum atomic E-state index is 13.9. The van der Waals surface area contributed by atoms with Crippen LogP contribution in [0.15, 0.2) is 18.2 Å². The van der Waals surface area contributed by atoms with Gasteiger partial charge in [-0.2, -0.15) is 0 Å². The van der Waals surface area contributed by atoms with Gasteiger partial charge in [-0.25, -0.2) is 4.39 Å². The van der Waals surface area contributed by atoms with Gasteiger partial charge in [-0.15, -0.1) is 0 Å². The second-order valence-corrected chi connectivity index (χ2v) is 5.54. The minimum Gasteiger partial charge on any atom is -0.374 e. The summed E-state index contributed by atoms with van der Waals surface area (Å²) >= 11 is 6.10. The maximum Gasteiger partial charge on any atom is 0.127 e. The number of benzene rings is 1. The average molecular weight is 286 g/mol. The highest BCUT2D eigenvalue weighted by atomic mass is 35.5. The Morgan fingerprint density at radius 1 is 1.47 bits per heavy atom. The quantitative estimate of drug-likeness (QED) is 0.893. The van der Waals surface area contributed by atoms with E-state index in [0.717, 1.165) is 19.4 Å². The molecule has 106 valence electrons. The van der Waals surface area contributed by atoms with Crippen molar-refractivity contribution in [1.29, 1.82) is 0 Å². The van der Waals surface area contributed by atoms with Crippen LogP contribution in [0, 0.1) is 5.82 Å². The van der Waals surface area contributed by atoms with E-state index in [1.165, 1.54) is 6.07 Å². The van der Waals surface area contributed by atoms with Gasteiger partial charge in [0.1, 0.15) is 5.82 Å². The van der Waals surface area contributed by atoms with Gasteiger partial charge in [0, 0.05) is 16.6 Å². The van der Waals surface area contributed by atoms with Crippen LogP contribution in [0.1, 0.15) is 32.3 Å². The van der Waals surface area contributed by atoms with Crippen LogP contribution in [0.25, 0.3) is 0 Å². The van der Waals surface area contributed by atoms with Crippen LogP contribution < -0.4 is 5.32 Å². The zero-order valence-corrected chi connectivity index (χ0v) is 12.2. The summed E-state index contributed by atoms with van der Waals surface area (Å²) < 4.78 is 19.8. The predicted octanol–water partition coefficient (Wildman–Crippen LogP) is 3.57. The summed E-state index contributed by atoms with van der Waals surface area (Å²) in [4.78, 5) is 0. The minimum atomic E-state index is -0.235. The van der Waals surface area contributed by atoms with Gasteiger partial charge in [-0.1, -0.05) is 24.6 Å². The van der Waals surface area contributed by atoms with Gasteiger partial charge in [0.2, 0.25) is 0 Å². The van der Waals surface area contributed by atoms with E-state index < -0.39 is 0 Å². The topological polar surface area (TPSA) is 21.3 Å². The summed E-state index contributed by atoms with van der Waals surface area (Å²) in [7, 11) is 0. The fraction of sp³-hybridized carbons (Fsp3) is 0.600.